The quantitative estimate of drug-likeness (QED) is 0.542. The zero-order chi connectivity index (χ0) is 11.5. The molecule has 0 unspecified atom stereocenters. The Morgan fingerprint density at radius 2 is 2.00 bits per heavy atom. The van der Waals surface area contributed by atoms with Crippen molar-refractivity contribution in [1.82, 2.24) is 0 Å². The topological polar surface area (TPSA) is 0 Å². The van der Waals surface area contributed by atoms with E-state index in [1.54, 1.807) is 12.1 Å². The first kappa shape index (κ1) is 13.3. The van der Waals surface area contributed by atoms with E-state index >= 15 is 0 Å². The van der Waals surface area contributed by atoms with Crippen LogP contribution in [0.4, 0.5) is 4.39 Å². The first-order valence-electron chi connectivity index (χ1n) is 4.70. The van der Waals surface area contributed by atoms with Crippen LogP contribution in [0.15, 0.2) is 18.2 Å². The van der Waals surface area contributed by atoms with Gasteiger partial charge in [0.1, 0.15) is 5.82 Å². The second kappa shape index (κ2) is 5.53. The molecule has 0 aliphatic carbocycles. The molecule has 0 fully saturated rings. The van der Waals surface area contributed by atoms with Crippen molar-refractivity contribution in [3.63, 3.8) is 0 Å². The van der Waals surface area contributed by atoms with Gasteiger partial charge in [-0.1, -0.05) is 17.7 Å². The molecule has 15 heavy (non-hydrogen) atoms. The largest absolute Gasteiger partial charge is 0.248 e. The molecule has 0 aliphatic heterocycles. The Labute approximate surface area is 105 Å². The Bertz CT molecular complexity index is 336. The molecule has 0 radical (unpaired) electrons. The van der Waals surface area contributed by atoms with Gasteiger partial charge in [-0.25, -0.2) is 4.39 Å². The first-order chi connectivity index (χ1) is 6.88. The molecule has 0 heterocycles. The molecule has 0 saturated heterocycles. The van der Waals surface area contributed by atoms with E-state index in [0.717, 1.165) is 24.4 Å². The third-order valence-electron chi connectivity index (χ3n) is 2.07. The Hall–Kier alpha value is 0.237. The second-order valence-electron chi connectivity index (χ2n) is 3.67. The van der Waals surface area contributed by atoms with E-state index in [4.69, 9.17) is 33.8 Å². The molecular formula is C10H12Cl3FSi. The highest BCUT2D eigenvalue weighted by Crippen LogP contribution is 2.23. The summed E-state index contributed by atoms with van der Waals surface area (Å²) in [5.74, 6) is -0.380. The summed E-state index contributed by atoms with van der Waals surface area (Å²) in [7, 11) is 0. The molecule has 0 amide bonds. The van der Waals surface area contributed by atoms with Gasteiger partial charge in [-0.05, 0) is 43.1 Å². The Kier molecular flexibility index (Phi) is 4.91. The summed E-state index contributed by atoms with van der Waals surface area (Å²) in [5, 5.41) is 0.171. The lowest BCUT2D eigenvalue weighted by molar-refractivity contribution is 0.627. The SMILES string of the molecule is C[Si](Cl)(Cl)CCCc1ccc(F)c(Cl)c1. The van der Waals surface area contributed by atoms with E-state index in [2.05, 4.69) is 0 Å². The lowest BCUT2D eigenvalue weighted by Crippen LogP contribution is -2.12. The van der Waals surface area contributed by atoms with Crippen molar-refractivity contribution in [3.05, 3.63) is 34.6 Å². The van der Waals surface area contributed by atoms with Crippen molar-refractivity contribution >= 4 is 40.5 Å². The monoisotopic (exact) mass is 284 g/mol. The fraction of sp³-hybridized carbons (Fsp3) is 0.400. The number of rotatable bonds is 4. The molecule has 0 aromatic heterocycles. The maximum Gasteiger partial charge on any atom is 0.248 e. The van der Waals surface area contributed by atoms with Gasteiger partial charge in [0, 0.05) is 0 Å². The van der Waals surface area contributed by atoms with Crippen LogP contribution in [0.25, 0.3) is 0 Å². The third-order valence-corrected chi connectivity index (χ3v) is 4.72. The molecule has 0 saturated carbocycles. The van der Waals surface area contributed by atoms with Crippen LogP contribution in [0.5, 0.6) is 0 Å². The van der Waals surface area contributed by atoms with Crippen LogP contribution in [-0.2, 0) is 6.42 Å². The van der Waals surface area contributed by atoms with Crippen molar-refractivity contribution in [3.8, 4) is 0 Å². The molecule has 84 valence electrons. The Balaban J connectivity index is 2.48. The van der Waals surface area contributed by atoms with Gasteiger partial charge in [-0.15, -0.1) is 22.2 Å². The zero-order valence-electron chi connectivity index (χ0n) is 8.37. The van der Waals surface area contributed by atoms with Crippen LogP contribution in [-0.4, -0.2) is 6.69 Å². The normalized spacial score (nSPS) is 11.8. The first-order valence-corrected chi connectivity index (χ1v) is 9.81. The van der Waals surface area contributed by atoms with Gasteiger partial charge in [-0.3, -0.25) is 0 Å². The fourth-order valence-electron chi connectivity index (χ4n) is 1.30. The van der Waals surface area contributed by atoms with Gasteiger partial charge in [-0.2, -0.15) is 0 Å². The summed E-state index contributed by atoms with van der Waals surface area (Å²) in [6, 6.07) is 5.61. The molecule has 5 heteroatoms. The van der Waals surface area contributed by atoms with Crippen molar-refractivity contribution in [1.29, 1.82) is 0 Å². The van der Waals surface area contributed by atoms with E-state index in [1.807, 2.05) is 6.55 Å². The highest BCUT2D eigenvalue weighted by atomic mass is 35.7. The van der Waals surface area contributed by atoms with E-state index in [-0.39, 0.29) is 10.8 Å². The van der Waals surface area contributed by atoms with E-state index in [0.29, 0.717) is 0 Å². The minimum atomic E-state index is -2.00. The predicted octanol–water partition coefficient (Wildman–Crippen LogP) is 4.96. The van der Waals surface area contributed by atoms with Crippen LogP contribution in [0.3, 0.4) is 0 Å². The highest BCUT2D eigenvalue weighted by molar-refractivity contribution is 7.44. The maximum absolute atomic E-state index is 12.8. The summed E-state index contributed by atoms with van der Waals surface area (Å²) in [6.07, 6.45) is 1.75. The summed E-state index contributed by atoms with van der Waals surface area (Å²) in [5.41, 5.74) is 1.02. The molecule has 0 nitrogen and oxygen atoms in total. The van der Waals surface area contributed by atoms with Gasteiger partial charge in [0.25, 0.3) is 0 Å². The van der Waals surface area contributed by atoms with Crippen molar-refractivity contribution in [2.45, 2.75) is 25.4 Å². The number of hydrogen-bond acceptors (Lipinski definition) is 0. The molecule has 0 spiro atoms. The lowest BCUT2D eigenvalue weighted by atomic mass is 10.1. The summed E-state index contributed by atoms with van der Waals surface area (Å²) < 4.78 is 12.8. The van der Waals surface area contributed by atoms with Crippen LogP contribution < -0.4 is 0 Å². The fourth-order valence-corrected chi connectivity index (χ4v) is 3.10. The van der Waals surface area contributed by atoms with E-state index in [1.165, 1.54) is 6.07 Å². The third kappa shape index (κ3) is 5.21. The molecule has 0 atom stereocenters. The lowest BCUT2D eigenvalue weighted by Gasteiger charge is -2.09. The number of aryl methyl sites for hydroxylation is 1. The number of hydrogen-bond donors (Lipinski definition) is 0. The maximum atomic E-state index is 12.8. The van der Waals surface area contributed by atoms with Gasteiger partial charge < -0.3 is 0 Å². The smallest absolute Gasteiger partial charge is 0.205 e. The van der Waals surface area contributed by atoms with Crippen LogP contribution >= 0.6 is 33.8 Å². The predicted molar refractivity (Wildman–Crippen MR) is 67.9 cm³/mol. The molecule has 1 aromatic rings. The van der Waals surface area contributed by atoms with Crippen molar-refractivity contribution < 1.29 is 4.39 Å². The van der Waals surface area contributed by atoms with Crippen molar-refractivity contribution in [2.24, 2.45) is 0 Å². The van der Waals surface area contributed by atoms with Gasteiger partial charge >= 0.3 is 0 Å². The average Bonchev–Trinajstić information content (AvgIpc) is 2.09. The standard InChI is InChI=1S/C10H12Cl3FSi/c1-15(12,13)6-2-3-8-4-5-10(14)9(11)7-8/h4-5,7H,2-3,6H2,1H3. The zero-order valence-corrected chi connectivity index (χ0v) is 11.6. The van der Waals surface area contributed by atoms with Crippen LogP contribution in [0.2, 0.25) is 17.6 Å². The summed E-state index contributed by atoms with van der Waals surface area (Å²) in [4.78, 5) is 0. The van der Waals surface area contributed by atoms with E-state index < -0.39 is 6.69 Å². The second-order valence-corrected chi connectivity index (χ2v) is 12.3. The Morgan fingerprint density at radius 3 is 2.53 bits per heavy atom. The van der Waals surface area contributed by atoms with Crippen LogP contribution in [0.1, 0.15) is 12.0 Å². The number of halogens is 4. The van der Waals surface area contributed by atoms with E-state index in [9.17, 15) is 4.39 Å². The Morgan fingerprint density at radius 1 is 1.33 bits per heavy atom. The van der Waals surface area contributed by atoms with Gasteiger partial charge in [0.05, 0.1) is 5.02 Å². The number of benzene rings is 1. The van der Waals surface area contributed by atoms with Crippen LogP contribution in [0, 0.1) is 5.82 Å². The molecule has 0 bridgehead atoms. The molecule has 1 aromatic carbocycles. The molecule has 0 N–H and O–H groups in total. The molecule has 1 rings (SSSR count). The minimum Gasteiger partial charge on any atom is -0.205 e. The van der Waals surface area contributed by atoms with Crippen molar-refractivity contribution in [2.75, 3.05) is 0 Å². The summed E-state index contributed by atoms with van der Waals surface area (Å²) >= 11 is 17.6. The van der Waals surface area contributed by atoms with Gasteiger partial charge in [0.15, 0.2) is 0 Å². The minimum absolute atomic E-state index is 0.171. The highest BCUT2D eigenvalue weighted by Gasteiger charge is 2.19. The average molecular weight is 286 g/mol. The molecular weight excluding hydrogens is 274 g/mol. The molecule has 0 aliphatic rings. The summed E-state index contributed by atoms with van der Waals surface area (Å²) in [6.45, 7) is -0.102. The van der Waals surface area contributed by atoms with Gasteiger partial charge in [0.2, 0.25) is 6.69 Å².